The van der Waals surface area contributed by atoms with E-state index >= 15 is 0 Å². The first-order valence-corrected chi connectivity index (χ1v) is 29.8. The zero-order valence-electron chi connectivity index (χ0n) is 53.4. The monoisotopic (exact) mass is 1500 g/mol. The number of nitrogens with zero attached hydrogens (tertiary/aromatic N) is 4. The van der Waals surface area contributed by atoms with Crippen LogP contribution in [0.25, 0.3) is 10.8 Å². The topological polar surface area (TPSA) is 514 Å². The maximum Gasteiger partial charge on any atom is 0.490 e. The van der Waals surface area contributed by atoms with Crippen LogP contribution in [0.3, 0.4) is 0 Å². The summed E-state index contributed by atoms with van der Waals surface area (Å²) in [6.07, 6.45) is -18.4. The fourth-order valence-electron chi connectivity index (χ4n) is 8.98. The number of rotatable bonds is 27. The van der Waals surface area contributed by atoms with Crippen LogP contribution in [0.2, 0.25) is 0 Å². The van der Waals surface area contributed by atoms with E-state index in [1.54, 1.807) is 14.7 Å². The van der Waals surface area contributed by atoms with Crippen LogP contribution >= 0.6 is 0 Å². The van der Waals surface area contributed by atoms with E-state index in [9.17, 15) is 126 Å². The molecule has 45 heteroatoms. The van der Waals surface area contributed by atoms with Gasteiger partial charge in [0.15, 0.2) is 0 Å². The van der Waals surface area contributed by atoms with E-state index in [4.69, 9.17) is 44.7 Å². The third kappa shape index (κ3) is 42.2. The van der Waals surface area contributed by atoms with Gasteiger partial charge in [0.1, 0.15) is 18.1 Å². The molecule has 1 aliphatic heterocycles. The maximum absolute atomic E-state index is 13.8. The first kappa shape index (κ1) is 92.1. The number of fused-ring (bicyclic) bond motifs is 1. The molecule has 0 aromatic heterocycles. The van der Waals surface area contributed by atoms with Gasteiger partial charge in [-0.05, 0) is 73.6 Å². The zero-order chi connectivity index (χ0) is 78.5. The predicted molar refractivity (Wildman–Crippen MR) is 320 cm³/mol. The van der Waals surface area contributed by atoms with Crippen LogP contribution in [-0.4, -0.2) is 289 Å². The van der Waals surface area contributed by atoms with Crippen LogP contribution in [0, 0.1) is 11.8 Å². The number of halogens is 12. The van der Waals surface area contributed by atoms with E-state index in [0.29, 0.717) is 45.3 Å². The molecule has 1 aliphatic carbocycles. The highest BCUT2D eigenvalue weighted by Crippen LogP contribution is 2.29. The molecule has 33 nitrogen and oxygen atoms in total. The highest BCUT2D eigenvalue weighted by molar-refractivity contribution is 5.90. The Kier molecular flexibility index (Phi) is 40.7. The second kappa shape index (κ2) is 45.1. The Labute approximate surface area is 568 Å². The molecule has 1 heterocycles. The number of benzene rings is 2. The summed E-state index contributed by atoms with van der Waals surface area (Å²) in [5.41, 5.74) is 0.803. The summed E-state index contributed by atoms with van der Waals surface area (Å²) in [5.74, 6) is -19.7. The van der Waals surface area contributed by atoms with Gasteiger partial charge in [0.05, 0.1) is 26.2 Å². The molecule has 4 rings (SSSR count). The summed E-state index contributed by atoms with van der Waals surface area (Å²) < 4.78 is 127. The minimum absolute atomic E-state index is 0.0283. The molecule has 0 unspecified atom stereocenters. The average molecular weight is 1500 g/mol. The van der Waals surface area contributed by atoms with Crippen molar-refractivity contribution < 1.29 is 171 Å². The van der Waals surface area contributed by atoms with Crippen LogP contribution in [0.1, 0.15) is 63.4 Å². The number of aliphatic carboxylic acids is 10. The van der Waals surface area contributed by atoms with E-state index in [1.807, 2.05) is 47.4 Å². The lowest BCUT2D eigenvalue weighted by atomic mass is 9.81. The molecule has 1 saturated carbocycles. The number of carbonyl (C=O) groups is 14. The Hall–Kier alpha value is -9.92. The number of amides is 5. The van der Waals surface area contributed by atoms with Crippen LogP contribution in [0.15, 0.2) is 42.5 Å². The van der Waals surface area contributed by atoms with Gasteiger partial charge < -0.3 is 77.6 Å². The van der Waals surface area contributed by atoms with E-state index in [1.165, 1.54) is 0 Å². The van der Waals surface area contributed by atoms with Gasteiger partial charge in [0, 0.05) is 84.2 Å². The summed E-state index contributed by atoms with van der Waals surface area (Å²) in [6.45, 7) is 1.73. The highest BCUT2D eigenvalue weighted by Gasteiger charge is 2.41. The third-order valence-electron chi connectivity index (χ3n) is 14.1. The van der Waals surface area contributed by atoms with Crippen molar-refractivity contribution in [2.45, 2.75) is 107 Å². The van der Waals surface area contributed by atoms with Crippen molar-refractivity contribution in [3.63, 3.8) is 0 Å². The zero-order valence-corrected chi connectivity index (χ0v) is 53.4. The summed E-state index contributed by atoms with van der Waals surface area (Å²) in [5, 5.41) is 99.9. The van der Waals surface area contributed by atoms with Crippen molar-refractivity contribution in [1.82, 2.24) is 46.2 Å². The van der Waals surface area contributed by atoms with Crippen molar-refractivity contribution in [1.29, 1.82) is 0 Å². The molecule has 102 heavy (non-hydrogen) atoms. The largest absolute Gasteiger partial charge is 0.490 e. The van der Waals surface area contributed by atoms with Crippen LogP contribution < -0.4 is 26.6 Å². The Morgan fingerprint density at radius 3 is 1.17 bits per heavy atom. The summed E-state index contributed by atoms with van der Waals surface area (Å²) >= 11 is 0. The Morgan fingerprint density at radius 1 is 0.431 bits per heavy atom. The maximum atomic E-state index is 13.8. The van der Waals surface area contributed by atoms with E-state index in [-0.39, 0.29) is 115 Å². The van der Waals surface area contributed by atoms with Gasteiger partial charge in [-0.15, -0.1) is 0 Å². The first-order valence-electron chi connectivity index (χ1n) is 29.8. The number of unbranched alkanes of at least 4 members (excludes halogenated alkanes) is 1. The van der Waals surface area contributed by atoms with Crippen molar-refractivity contribution in [2.75, 3.05) is 91.6 Å². The minimum Gasteiger partial charge on any atom is -0.481 e. The SMILES string of the molecule is O=C(O)C(F)(F)F.O=C(O)C(F)(F)F.O=C(O)C(F)(F)F.O=C(O)C(F)(F)F.O=C(O)CC[C@H](NC(=O)N[C@@H](CCCCNC(=O)[C@H](Cc1ccc2ccccc2c1)NC(=O)C1CCC(CNC(=O)CN2CCN(CC(=O)O)CCN(CC(=O)O)CCN(CC(=O)O)CC2)CC1)C(=O)O)C(=O)O. The molecule has 576 valence electrons. The molecule has 2 aromatic carbocycles. The third-order valence-corrected chi connectivity index (χ3v) is 14.1. The van der Waals surface area contributed by atoms with Crippen LogP contribution in [-0.2, 0) is 68.7 Å². The summed E-state index contributed by atoms with van der Waals surface area (Å²) in [6, 6.07) is 8.44. The highest BCUT2D eigenvalue weighted by atomic mass is 19.4. The lowest BCUT2D eigenvalue weighted by Gasteiger charge is -2.33. The lowest BCUT2D eigenvalue weighted by molar-refractivity contribution is -0.193. The van der Waals surface area contributed by atoms with Crippen molar-refractivity contribution in [3.8, 4) is 0 Å². The fourth-order valence-corrected chi connectivity index (χ4v) is 8.98. The molecule has 0 spiro atoms. The van der Waals surface area contributed by atoms with Gasteiger partial charge in [-0.1, -0.05) is 42.5 Å². The molecule has 1 saturated heterocycles. The van der Waals surface area contributed by atoms with E-state index in [2.05, 4.69) is 26.6 Å². The molecule has 0 radical (unpaired) electrons. The molecule has 0 bridgehead atoms. The lowest BCUT2D eigenvalue weighted by Crippen LogP contribution is -2.51. The number of hydrogen-bond acceptors (Lipinski definition) is 18. The van der Waals surface area contributed by atoms with Gasteiger partial charge in [-0.3, -0.25) is 53.2 Å². The molecule has 15 N–H and O–H groups in total. The number of urea groups is 1. The number of hydrogen-bond donors (Lipinski definition) is 15. The van der Waals surface area contributed by atoms with Gasteiger partial charge in [-0.2, -0.15) is 52.7 Å². The van der Waals surface area contributed by atoms with Crippen molar-refractivity contribution in [3.05, 3.63) is 48.0 Å². The molecule has 5 amide bonds. The summed E-state index contributed by atoms with van der Waals surface area (Å²) in [7, 11) is 0. The second-order valence-electron chi connectivity index (χ2n) is 22.1. The van der Waals surface area contributed by atoms with Gasteiger partial charge in [0.2, 0.25) is 17.7 Å². The molecular formula is C57H75F12N9O24. The van der Waals surface area contributed by atoms with Gasteiger partial charge in [-0.25, -0.2) is 33.6 Å². The molecule has 2 fully saturated rings. The Bertz CT molecular complexity index is 3010. The molecule has 2 aliphatic rings. The molecular weight excluding hydrogens is 1420 g/mol. The number of carboxylic acids is 10. The minimum atomic E-state index is -5.08. The average Bonchev–Trinajstić information content (AvgIpc) is 0.836. The quantitative estimate of drug-likeness (QED) is 0.0450. The van der Waals surface area contributed by atoms with Crippen LogP contribution in [0.5, 0.6) is 0 Å². The number of alkyl halides is 12. The molecule has 3 atom stereocenters. The van der Waals surface area contributed by atoms with E-state index in [0.717, 1.165) is 16.3 Å². The summed E-state index contributed by atoms with van der Waals surface area (Å²) in [4.78, 5) is 165. The second-order valence-corrected chi connectivity index (χ2v) is 22.1. The number of carboxylic acid groups (broad SMARTS) is 10. The first-order chi connectivity index (χ1) is 47.0. The van der Waals surface area contributed by atoms with Crippen LogP contribution in [0.4, 0.5) is 57.5 Å². The Morgan fingerprint density at radius 2 is 0.804 bits per heavy atom. The smallest absolute Gasteiger partial charge is 0.481 e. The van der Waals surface area contributed by atoms with E-state index < -0.39 is 133 Å². The van der Waals surface area contributed by atoms with Crippen molar-refractivity contribution >= 4 is 94.2 Å². The normalized spacial score (nSPS) is 16.7. The number of carbonyl (C=O) groups excluding carboxylic acids is 4. The van der Waals surface area contributed by atoms with Gasteiger partial charge in [0.25, 0.3) is 0 Å². The predicted octanol–water partition coefficient (Wildman–Crippen LogP) is 2.16. The number of nitrogens with one attached hydrogen (secondary N) is 5. The standard InChI is InChI=1S/C49H71N9O16.4C2HF3O2/c59-40(28-55-17-19-56(29-42(62)63)21-23-58(31-44(66)67)24-22-57(20-18-55)30-43(64)65)51-27-32-8-12-35(13-9-32)45(68)52-39(26-33-10-11-34-5-1-2-6-36(34)25-33)46(69)50-16-4-3-7-37(47(70)71)53-49(74)54-38(48(72)73)14-15-41(60)61;4*3-2(4,5)1(6)7/h1-2,5-6,10-11,25,32,35,37-39H,3-4,7-9,12-24,26-31H2,(H,50,69)(H,51,59)(H,52,68)(H,60,61)(H,62,63)(H,64,65)(H,66,67)(H,70,71)(H,72,73)(H2,53,54,74);4*(H,6,7)/t32?,35?,37-,38-,39-;;;;/m0..../s1. The fraction of sp³-hybridized carbons (Fsp3) is 0.579. The van der Waals surface area contributed by atoms with Crippen molar-refractivity contribution in [2.24, 2.45) is 11.8 Å². The Balaban J connectivity index is 0.00000303. The molecule has 2 aromatic rings. The van der Waals surface area contributed by atoms with Gasteiger partial charge >= 0.3 is 90.4 Å².